The van der Waals surface area contributed by atoms with Crippen molar-refractivity contribution < 1.29 is 22.4 Å². The van der Waals surface area contributed by atoms with Gasteiger partial charge in [0.25, 0.3) is 0 Å². The van der Waals surface area contributed by atoms with Gasteiger partial charge in [0.1, 0.15) is 5.82 Å². The van der Waals surface area contributed by atoms with E-state index in [1.54, 1.807) is 12.1 Å². The molecule has 2 amide bonds. The molecular weight excluding hydrogens is 469 g/mol. The van der Waals surface area contributed by atoms with Crippen molar-refractivity contribution in [1.29, 1.82) is 0 Å². The highest BCUT2D eigenvalue weighted by Crippen LogP contribution is 2.36. The topological polar surface area (TPSA) is 95.6 Å². The van der Waals surface area contributed by atoms with Crippen molar-refractivity contribution in [1.82, 2.24) is 9.62 Å². The molecule has 3 aromatic rings. The lowest BCUT2D eigenvalue weighted by Crippen LogP contribution is -2.42. The minimum Gasteiger partial charge on any atom is -0.352 e. The molecule has 35 heavy (non-hydrogen) atoms. The number of hydrogen-bond acceptors (Lipinski definition) is 4. The van der Waals surface area contributed by atoms with Gasteiger partial charge in [-0.1, -0.05) is 36.4 Å². The van der Waals surface area contributed by atoms with Gasteiger partial charge >= 0.3 is 0 Å². The fourth-order valence-corrected chi connectivity index (χ4v) is 5.83. The van der Waals surface area contributed by atoms with Crippen LogP contribution in [0.2, 0.25) is 0 Å². The summed E-state index contributed by atoms with van der Waals surface area (Å²) >= 11 is 0. The lowest BCUT2D eigenvalue weighted by Gasteiger charge is -2.36. The normalized spacial score (nSPS) is 15.8. The number of sulfonamides is 1. The van der Waals surface area contributed by atoms with E-state index in [0.29, 0.717) is 12.1 Å². The Morgan fingerprint density at radius 1 is 1.00 bits per heavy atom. The maximum absolute atomic E-state index is 13.6. The van der Waals surface area contributed by atoms with E-state index in [1.165, 1.54) is 47.6 Å². The van der Waals surface area contributed by atoms with Gasteiger partial charge in [0.15, 0.2) is 0 Å². The average molecular weight is 496 g/mol. The van der Waals surface area contributed by atoms with Gasteiger partial charge in [-0.15, -0.1) is 0 Å². The molecule has 3 aromatic carbocycles. The number of anilines is 1. The molecule has 0 bridgehead atoms. The molecule has 0 saturated heterocycles. The maximum Gasteiger partial charge on any atom is 0.243 e. The summed E-state index contributed by atoms with van der Waals surface area (Å²) in [6.45, 7) is 1.83. The fraction of sp³-hybridized carbons (Fsp3) is 0.231. The minimum atomic E-state index is -3.92. The third-order valence-electron chi connectivity index (χ3n) is 5.93. The average Bonchev–Trinajstić information content (AvgIpc) is 2.84. The highest BCUT2D eigenvalue weighted by atomic mass is 32.2. The highest BCUT2D eigenvalue weighted by molar-refractivity contribution is 7.89. The summed E-state index contributed by atoms with van der Waals surface area (Å²) in [6, 6.07) is 18.7. The minimum absolute atomic E-state index is 0.0542. The second-order valence-electron chi connectivity index (χ2n) is 8.39. The first-order valence-electron chi connectivity index (χ1n) is 11.2. The Morgan fingerprint density at radius 3 is 2.37 bits per heavy atom. The number of nitrogens with zero attached hydrogens (tertiary/aromatic N) is 1. The lowest BCUT2D eigenvalue weighted by atomic mass is 9.92. The number of fused-ring (bicyclic) bond motifs is 1. The number of carbonyl (C=O) groups is 2. The molecule has 0 aliphatic carbocycles. The van der Waals surface area contributed by atoms with E-state index < -0.39 is 16.1 Å². The molecule has 0 fully saturated rings. The third-order valence-corrected chi connectivity index (χ3v) is 7.85. The van der Waals surface area contributed by atoms with Crippen molar-refractivity contribution in [3.63, 3.8) is 0 Å². The quantitative estimate of drug-likeness (QED) is 0.522. The number of carbonyl (C=O) groups excluding carboxylic acids is 2. The van der Waals surface area contributed by atoms with Gasteiger partial charge in [-0.25, -0.2) is 12.8 Å². The number of amides is 2. The molecule has 1 aliphatic rings. The van der Waals surface area contributed by atoms with Crippen LogP contribution in [0, 0.1) is 5.82 Å². The molecule has 182 valence electrons. The SMILES string of the molecule is CC(=O)Nc1ccc(S(=O)(=O)N2CCc3ccccc3[C@@H]2CC(=O)NCc2ccc(F)cc2)cc1. The van der Waals surface area contributed by atoms with Crippen molar-refractivity contribution in [2.75, 3.05) is 11.9 Å². The first-order chi connectivity index (χ1) is 16.7. The second kappa shape index (κ2) is 10.4. The van der Waals surface area contributed by atoms with Crippen LogP contribution >= 0.6 is 0 Å². The van der Waals surface area contributed by atoms with E-state index in [9.17, 15) is 22.4 Å². The summed E-state index contributed by atoms with van der Waals surface area (Å²) in [6.07, 6.45) is 0.481. The van der Waals surface area contributed by atoms with Crippen LogP contribution in [0.3, 0.4) is 0 Å². The monoisotopic (exact) mass is 495 g/mol. The molecule has 0 spiro atoms. The Hall–Kier alpha value is -3.56. The first-order valence-corrected chi connectivity index (χ1v) is 12.7. The van der Waals surface area contributed by atoms with E-state index in [0.717, 1.165) is 16.7 Å². The van der Waals surface area contributed by atoms with Gasteiger partial charge in [-0.2, -0.15) is 4.31 Å². The van der Waals surface area contributed by atoms with Gasteiger partial charge in [0, 0.05) is 32.1 Å². The Bertz CT molecular complexity index is 1330. The van der Waals surface area contributed by atoms with Gasteiger partial charge in [0.05, 0.1) is 10.9 Å². The van der Waals surface area contributed by atoms with Crippen molar-refractivity contribution >= 4 is 27.5 Å². The van der Waals surface area contributed by atoms with Crippen LogP contribution < -0.4 is 10.6 Å². The molecule has 1 heterocycles. The second-order valence-corrected chi connectivity index (χ2v) is 10.3. The van der Waals surface area contributed by atoms with Crippen LogP contribution in [0.15, 0.2) is 77.7 Å². The van der Waals surface area contributed by atoms with Crippen LogP contribution in [0.5, 0.6) is 0 Å². The molecule has 7 nitrogen and oxygen atoms in total. The summed E-state index contributed by atoms with van der Waals surface area (Å²) in [7, 11) is -3.92. The Labute approximate surface area is 204 Å². The zero-order valence-corrected chi connectivity index (χ0v) is 20.0. The standard InChI is InChI=1S/C26H26FN3O4S/c1-18(31)29-22-10-12-23(13-11-22)35(33,34)30-15-14-20-4-2-3-5-24(20)25(30)16-26(32)28-17-19-6-8-21(27)9-7-19/h2-13,25H,14-17H2,1H3,(H,28,32)(H,29,31)/t25-/m0/s1. The number of rotatable bonds is 7. The van der Waals surface area contributed by atoms with Crippen molar-refractivity contribution in [3.05, 3.63) is 95.3 Å². The molecule has 4 rings (SSSR count). The summed E-state index contributed by atoms with van der Waals surface area (Å²) in [4.78, 5) is 24.2. The number of hydrogen-bond donors (Lipinski definition) is 2. The molecule has 0 aromatic heterocycles. The summed E-state index contributed by atoms with van der Waals surface area (Å²) in [5.74, 6) is -0.915. The molecular formula is C26H26FN3O4S. The Kier molecular flexibility index (Phi) is 7.28. The predicted octanol–water partition coefficient (Wildman–Crippen LogP) is 3.78. The van der Waals surface area contributed by atoms with E-state index in [4.69, 9.17) is 0 Å². The van der Waals surface area contributed by atoms with Gasteiger partial charge in [-0.3, -0.25) is 9.59 Å². The van der Waals surface area contributed by atoms with E-state index in [1.807, 2.05) is 24.3 Å². The smallest absolute Gasteiger partial charge is 0.243 e. The Balaban J connectivity index is 1.57. The Morgan fingerprint density at radius 2 is 1.69 bits per heavy atom. The molecule has 0 radical (unpaired) electrons. The summed E-state index contributed by atoms with van der Waals surface area (Å²) in [5, 5.41) is 5.43. The van der Waals surface area contributed by atoms with E-state index in [2.05, 4.69) is 10.6 Å². The third kappa shape index (κ3) is 5.75. The lowest BCUT2D eigenvalue weighted by molar-refractivity contribution is -0.122. The number of halogens is 1. The molecule has 1 aliphatic heterocycles. The van der Waals surface area contributed by atoms with Crippen molar-refractivity contribution in [2.24, 2.45) is 0 Å². The van der Waals surface area contributed by atoms with Crippen LogP contribution in [0.25, 0.3) is 0 Å². The van der Waals surface area contributed by atoms with Gasteiger partial charge in [-0.05, 0) is 59.5 Å². The molecule has 1 atom stereocenters. The molecule has 0 unspecified atom stereocenters. The summed E-state index contributed by atoms with van der Waals surface area (Å²) in [5.41, 5.74) is 3.05. The van der Waals surface area contributed by atoms with E-state index in [-0.39, 0.29) is 42.0 Å². The van der Waals surface area contributed by atoms with Crippen LogP contribution in [0.4, 0.5) is 10.1 Å². The number of nitrogens with one attached hydrogen (secondary N) is 2. The highest BCUT2D eigenvalue weighted by Gasteiger charge is 2.37. The zero-order valence-electron chi connectivity index (χ0n) is 19.2. The number of benzene rings is 3. The van der Waals surface area contributed by atoms with Crippen LogP contribution in [-0.2, 0) is 32.6 Å². The summed E-state index contributed by atoms with van der Waals surface area (Å²) < 4.78 is 41.7. The molecule has 9 heteroatoms. The van der Waals surface area contributed by atoms with Crippen LogP contribution in [-0.4, -0.2) is 31.1 Å². The largest absolute Gasteiger partial charge is 0.352 e. The zero-order chi connectivity index (χ0) is 25.0. The van der Waals surface area contributed by atoms with Crippen LogP contribution in [0.1, 0.15) is 36.1 Å². The maximum atomic E-state index is 13.6. The van der Waals surface area contributed by atoms with Crippen molar-refractivity contribution in [3.8, 4) is 0 Å². The predicted molar refractivity (Wildman–Crippen MR) is 130 cm³/mol. The molecule has 2 N–H and O–H groups in total. The first kappa shape index (κ1) is 24.6. The van der Waals surface area contributed by atoms with E-state index >= 15 is 0 Å². The van der Waals surface area contributed by atoms with Gasteiger partial charge in [0.2, 0.25) is 21.8 Å². The molecule has 0 saturated carbocycles. The fourth-order valence-electron chi connectivity index (χ4n) is 4.23. The van der Waals surface area contributed by atoms with Gasteiger partial charge < -0.3 is 10.6 Å². The van der Waals surface area contributed by atoms with Crippen molar-refractivity contribution in [2.45, 2.75) is 37.2 Å².